The second-order valence-electron chi connectivity index (χ2n) is 5.13. The molecule has 0 aliphatic heterocycles. The van der Waals surface area contributed by atoms with E-state index in [2.05, 4.69) is 15.0 Å². The predicted molar refractivity (Wildman–Crippen MR) is 77.9 cm³/mol. The van der Waals surface area contributed by atoms with E-state index in [4.69, 9.17) is 0 Å². The molecule has 0 saturated carbocycles. The Morgan fingerprint density at radius 1 is 1.30 bits per heavy atom. The van der Waals surface area contributed by atoms with Gasteiger partial charge >= 0.3 is 0 Å². The Bertz CT molecular complexity index is 802. The van der Waals surface area contributed by atoms with Crippen molar-refractivity contribution in [1.29, 1.82) is 0 Å². The Labute approximate surface area is 116 Å². The van der Waals surface area contributed by atoms with Gasteiger partial charge in [0.1, 0.15) is 0 Å². The van der Waals surface area contributed by atoms with Crippen molar-refractivity contribution < 1.29 is 0 Å². The van der Waals surface area contributed by atoms with Crippen LogP contribution in [0.3, 0.4) is 0 Å². The Balaban J connectivity index is 2.02. The van der Waals surface area contributed by atoms with Crippen molar-refractivity contribution >= 4 is 16.6 Å². The first kappa shape index (κ1) is 12.8. The first-order valence-electron chi connectivity index (χ1n) is 6.63. The van der Waals surface area contributed by atoms with E-state index >= 15 is 0 Å². The SMILES string of the molecule is CN(C)CCCn1ccc2c(cnc3ccnn32)c1=O. The standard InChI is InChI=1S/C14H17N5O/c1-17(2)7-3-8-18-9-5-12-11(14(18)20)10-15-13-4-6-16-19(12)13/h4-6,9-10H,3,7-8H2,1-2H3. The van der Waals surface area contributed by atoms with Gasteiger partial charge in [-0.3, -0.25) is 4.79 Å². The van der Waals surface area contributed by atoms with Crippen molar-refractivity contribution in [1.82, 2.24) is 24.1 Å². The lowest BCUT2D eigenvalue weighted by atomic mass is 10.3. The number of hydrogen-bond donors (Lipinski definition) is 0. The number of pyridine rings is 1. The summed E-state index contributed by atoms with van der Waals surface area (Å²) in [6.45, 7) is 1.67. The monoisotopic (exact) mass is 271 g/mol. The van der Waals surface area contributed by atoms with Crippen LogP contribution < -0.4 is 5.56 Å². The molecule has 0 atom stereocenters. The van der Waals surface area contributed by atoms with Crippen LogP contribution in [0.2, 0.25) is 0 Å². The van der Waals surface area contributed by atoms with Crippen molar-refractivity contribution in [2.75, 3.05) is 20.6 Å². The molecule has 0 aliphatic rings. The number of nitrogens with zero attached hydrogens (tertiary/aromatic N) is 5. The zero-order chi connectivity index (χ0) is 14.1. The third kappa shape index (κ3) is 2.18. The molecule has 6 heteroatoms. The second kappa shape index (κ2) is 5.05. The lowest BCUT2D eigenvalue weighted by molar-refractivity contribution is 0.385. The fourth-order valence-corrected chi connectivity index (χ4v) is 2.33. The predicted octanol–water partition coefficient (Wildman–Crippen LogP) is 0.996. The van der Waals surface area contributed by atoms with Crippen LogP contribution in [0.5, 0.6) is 0 Å². The third-order valence-corrected chi connectivity index (χ3v) is 3.36. The Kier molecular flexibility index (Phi) is 3.23. The summed E-state index contributed by atoms with van der Waals surface area (Å²) in [4.78, 5) is 18.8. The number of fused-ring (bicyclic) bond motifs is 3. The summed E-state index contributed by atoms with van der Waals surface area (Å²) >= 11 is 0. The maximum atomic E-state index is 12.4. The average Bonchev–Trinajstić information content (AvgIpc) is 2.89. The molecule has 0 saturated heterocycles. The molecule has 3 rings (SSSR count). The molecule has 0 N–H and O–H groups in total. The van der Waals surface area contributed by atoms with Gasteiger partial charge in [0.05, 0.1) is 17.1 Å². The highest BCUT2D eigenvalue weighted by molar-refractivity contribution is 5.78. The fourth-order valence-electron chi connectivity index (χ4n) is 2.33. The molecule has 0 radical (unpaired) electrons. The van der Waals surface area contributed by atoms with Crippen LogP contribution in [0.15, 0.2) is 35.5 Å². The zero-order valence-electron chi connectivity index (χ0n) is 11.7. The summed E-state index contributed by atoms with van der Waals surface area (Å²) in [6, 6.07) is 3.75. The van der Waals surface area contributed by atoms with E-state index in [9.17, 15) is 4.79 Å². The quantitative estimate of drug-likeness (QED) is 0.710. The third-order valence-electron chi connectivity index (χ3n) is 3.36. The van der Waals surface area contributed by atoms with Crippen molar-refractivity contribution in [3.05, 3.63) is 41.1 Å². The molecular formula is C14H17N5O. The largest absolute Gasteiger partial charge is 0.315 e. The minimum atomic E-state index is -0.00819. The van der Waals surface area contributed by atoms with E-state index in [-0.39, 0.29) is 5.56 Å². The van der Waals surface area contributed by atoms with E-state index in [1.165, 1.54) is 0 Å². The highest BCUT2D eigenvalue weighted by Crippen LogP contribution is 2.10. The van der Waals surface area contributed by atoms with Gasteiger partial charge in [0, 0.05) is 25.0 Å². The molecule has 0 fully saturated rings. The lowest BCUT2D eigenvalue weighted by Gasteiger charge is -2.11. The minimum absolute atomic E-state index is 0.00819. The van der Waals surface area contributed by atoms with Gasteiger partial charge in [-0.15, -0.1) is 0 Å². The zero-order valence-corrected chi connectivity index (χ0v) is 11.7. The van der Waals surface area contributed by atoms with Gasteiger partial charge < -0.3 is 9.47 Å². The highest BCUT2D eigenvalue weighted by atomic mass is 16.1. The summed E-state index contributed by atoms with van der Waals surface area (Å²) in [6.07, 6.45) is 6.10. The smallest absolute Gasteiger partial charge is 0.261 e. The molecule has 3 aromatic heterocycles. The molecule has 104 valence electrons. The average molecular weight is 271 g/mol. The Hall–Kier alpha value is -2.21. The fraction of sp³-hybridized carbons (Fsp3) is 0.357. The van der Waals surface area contributed by atoms with Crippen LogP contribution in [-0.4, -0.2) is 44.7 Å². The van der Waals surface area contributed by atoms with Crippen LogP contribution in [0.1, 0.15) is 6.42 Å². The van der Waals surface area contributed by atoms with Crippen molar-refractivity contribution in [2.24, 2.45) is 0 Å². The van der Waals surface area contributed by atoms with Crippen LogP contribution in [0.4, 0.5) is 0 Å². The van der Waals surface area contributed by atoms with Gasteiger partial charge in [-0.25, -0.2) is 9.50 Å². The Morgan fingerprint density at radius 3 is 2.95 bits per heavy atom. The topological polar surface area (TPSA) is 55.4 Å². The summed E-state index contributed by atoms with van der Waals surface area (Å²) in [7, 11) is 4.06. The van der Waals surface area contributed by atoms with E-state index in [0.29, 0.717) is 11.9 Å². The molecule has 0 bridgehead atoms. The number of aryl methyl sites for hydroxylation is 1. The van der Waals surface area contributed by atoms with E-state index in [1.54, 1.807) is 21.5 Å². The molecule has 0 amide bonds. The van der Waals surface area contributed by atoms with Crippen molar-refractivity contribution in [2.45, 2.75) is 13.0 Å². The maximum Gasteiger partial charge on any atom is 0.261 e. The highest BCUT2D eigenvalue weighted by Gasteiger charge is 2.07. The molecule has 0 spiro atoms. The summed E-state index contributed by atoms with van der Waals surface area (Å²) in [5.74, 6) is 0. The van der Waals surface area contributed by atoms with Crippen LogP contribution in [0, 0.1) is 0 Å². The van der Waals surface area contributed by atoms with Crippen molar-refractivity contribution in [3.8, 4) is 0 Å². The van der Waals surface area contributed by atoms with E-state index in [0.717, 1.165) is 24.1 Å². The van der Waals surface area contributed by atoms with Gasteiger partial charge in [0.25, 0.3) is 5.56 Å². The second-order valence-corrected chi connectivity index (χ2v) is 5.13. The molecule has 3 aromatic rings. The molecular weight excluding hydrogens is 254 g/mol. The minimum Gasteiger partial charge on any atom is -0.315 e. The summed E-state index contributed by atoms with van der Waals surface area (Å²) < 4.78 is 3.43. The molecule has 3 heterocycles. The molecule has 0 unspecified atom stereocenters. The first-order valence-corrected chi connectivity index (χ1v) is 6.63. The van der Waals surface area contributed by atoms with Crippen LogP contribution in [0.25, 0.3) is 16.6 Å². The molecule has 20 heavy (non-hydrogen) atoms. The van der Waals surface area contributed by atoms with Gasteiger partial charge in [-0.1, -0.05) is 0 Å². The van der Waals surface area contributed by atoms with Gasteiger partial charge in [-0.2, -0.15) is 5.10 Å². The van der Waals surface area contributed by atoms with Gasteiger partial charge in [0.2, 0.25) is 0 Å². The van der Waals surface area contributed by atoms with Gasteiger partial charge in [-0.05, 0) is 33.1 Å². The van der Waals surface area contributed by atoms with Crippen molar-refractivity contribution in [3.63, 3.8) is 0 Å². The normalized spacial score (nSPS) is 11.8. The summed E-state index contributed by atoms with van der Waals surface area (Å²) in [5.41, 5.74) is 1.54. The summed E-state index contributed by atoms with van der Waals surface area (Å²) in [5, 5.41) is 4.81. The molecule has 0 aliphatic carbocycles. The number of aromatic nitrogens is 4. The van der Waals surface area contributed by atoms with E-state index in [1.807, 2.05) is 32.4 Å². The van der Waals surface area contributed by atoms with Crippen LogP contribution >= 0.6 is 0 Å². The van der Waals surface area contributed by atoms with E-state index < -0.39 is 0 Å². The maximum absolute atomic E-state index is 12.4. The molecule has 0 aromatic carbocycles. The number of rotatable bonds is 4. The van der Waals surface area contributed by atoms with Gasteiger partial charge in [0.15, 0.2) is 5.65 Å². The first-order chi connectivity index (χ1) is 9.66. The Morgan fingerprint density at radius 2 is 2.15 bits per heavy atom. The van der Waals surface area contributed by atoms with Crippen LogP contribution in [-0.2, 0) is 6.54 Å². The number of hydrogen-bond acceptors (Lipinski definition) is 4. The lowest BCUT2D eigenvalue weighted by Crippen LogP contribution is -2.23. The molecule has 6 nitrogen and oxygen atoms in total.